The van der Waals surface area contributed by atoms with Crippen molar-refractivity contribution >= 4 is 23.6 Å². The lowest BCUT2D eigenvalue weighted by atomic mass is 10.2. The standard InChI is InChI=1S/C20H22N2O4/c1-4-5-14-6-11-17(18(12-14)25-3)26-13-19(23)22-16-9-7-15(8-10-16)20(24)21-2/h4-12H,13H2,1-3H3,(H,21,24)(H,22,23)/b5-4-. The van der Waals surface area contributed by atoms with E-state index in [2.05, 4.69) is 10.6 Å². The van der Waals surface area contributed by atoms with Gasteiger partial charge in [-0.15, -0.1) is 0 Å². The van der Waals surface area contributed by atoms with Crippen LogP contribution in [0.2, 0.25) is 0 Å². The summed E-state index contributed by atoms with van der Waals surface area (Å²) in [5.74, 6) is 0.561. The smallest absolute Gasteiger partial charge is 0.262 e. The van der Waals surface area contributed by atoms with Gasteiger partial charge in [-0.25, -0.2) is 0 Å². The first-order valence-corrected chi connectivity index (χ1v) is 8.13. The van der Waals surface area contributed by atoms with E-state index in [1.54, 1.807) is 44.5 Å². The first-order chi connectivity index (χ1) is 12.6. The zero-order chi connectivity index (χ0) is 18.9. The lowest BCUT2D eigenvalue weighted by Gasteiger charge is -2.11. The lowest BCUT2D eigenvalue weighted by molar-refractivity contribution is -0.118. The van der Waals surface area contributed by atoms with Gasteiger partial charge in [-0.1, -0.05) is 18.2 Å². The molecule has 0 spiro atoms. The summed E-state index contributed by atoms with van der Waals surface area (Å²) in [6.45, 7) is 1.78. The zero-order valence-electron chi connectivity index (χ0n) is 15.0. The molecule has 2 rings (SSSR count). The molecular weight excluding hydrogens is 332 g/mol. The maximum Gasteiger partial charge on any atom is 0.262 e. The summed E-state index contributed by atoms with van der Waals surface area (Å²) in [4.78, 5) is 23.6. The quantitative estimate of drug-likeness (QED) is 0.801. The van der Waals surface area contributed by atoms with E-state index < -0.39 is 0 Å². The molecule has 2 aromatic rings. The van der Waals surface area contributed by atoms with E-state index in [-0.39, 0.29) is 18.4 Å². The number of hydrogen-bond acceptors (Lipinski definition) is 4. The number of rotatable bonds is 7. The Hall–Kier alpha value is -3.28. The topological polar surface area (TPSA) is 76.7 Å². The molecule has 0 bridgehead atoms. The molecule has 0 fully saturated rings. The molecule has 6 nitrogen and oxygen atoms in total. The second-order valence-electron chi connectivity index (χ2n) is 5.40. The van der Waals surface area contributed by atoms with Crippen LogP contribution < -0.4 is 20.1 Å². The minimum atomic E-state index is -0.308. The molecule has 26 heavy (non-hydrogen) atoms. The Labute approximate surface area is 152 Å². The first kappa shape index (κ1) is 19.1. The van der Waals surface area contributed by atoms with Crippen molar-refractivity contribution < 1.29 is 19.1 Å². The summed E-state index contributed by atoms with van der Waals surface area (Å²) in [5.41, 5.74) is 2.09. The van der Waals surface area contributed by atoms with Crippen molar-refractivity contribution in [2.75, 3.05) is 26.1 Å². The molecule has 0 aromatic heterocycles. The van der Waals surface area contributed by atoms with Gasteiger partial charge in [0, 0.05) is 18.3 Å². The summed E-state index contributed by atoms with van der Waals surface area (Å²) >= 11 is 0. The number of methoxy groups -OCH3 is 1. The maximum absolute atomic E-state index is 12.1. The lowest BCUT2D eigenvalue weighted by Crippen LogP contribution is -2.21. The van der Waals surface area contributed by atoms with E-state index in [9.17, 15) is 9.59 Å². The van der Waals surface area contributed by atoms with E-state index >= 15 is 0 Å². The van der Waals surface area contributed by atoms with Gasteiger partial charge in [0.05, 0.1) is 7.11 Å². The van der Waals surface area contributed by atoms with Crippen molar-refractivity contribution in [2.45, 2.75) is 6.92 Å². The van der Waals surface area contributed by atoms with E-state index in [1.807, 2.05) is 31.2 Å². The highest BCUT2D eigenvalue weighted by molar-refractivity contribution is 5.95. The number of amides is 2. The van der Waals surface area contributed by atoms with Gasteiger partial charge in [0.15, 0.2) is 18.1 Å². The van der Waals surface area contributed by atoms with Crippen LogP contribution in [0.15, 0.2) is 48.5 Å². The number of benzene rings is 2. The van der Waals surface area contributed by atoms with Crippen molar-refractivity contribution in [1.82, 2.24) is 5.32 Å². The van der Waals surface area contributed by atoms with Crippen molar-refractivity contribution in [3.63, 3.8) is 0 Å². The normalized spacial score (nSPS) is 10.4. The monoisotopic (exact) mass is 354 g/mol. The van der Waals surface area contributed by atoms with E-state index in [4.69, 9.17) is 9.47 Å². The predicted molar refractivity (Wildman–Crippen MR) is 102 cm³/mol. The molecule has 0 saturated heterocycles. The number of carbonyl (C=O) groups excluding carboxylic acids is 2. The molecule has 0 radical (unpaired) electrons. The molecular formula is C20H22N2O4. The Morgan fingerprint density at radius 2 is 1.81 bits per heavy atom. The third-order valence-corrected chi connectivity index (χ3v) is 3.56. The van der Waals surface area contributed by atoms with Gasteiger partial charge in [-0.05, 0) is 48.9 Å². The van der Waals surface area contributed by atoms with Crippen LogP contribution in [0.5, 0.6) is 11.5 Å². The Balaban J connectivity index is 1.95. The van der Waals surface area contributed by atoms with Crippen LogP contribution in [-0.2, 0) is 4.79 Å². The van der Waals surface area contributed by atoms with Crippen molar-refractivity contribution in [3.05, 3.63) is 59.7 Å². The van der Waals surface area contributed by atoms with Gasteiger partial charge in [0.1, 0.15) is 0 Å². The van der Waals surface area contributed by atoms with E-state index in [0.717, 1.165) is 5.56 Å². The molecule has 0 unspecified atom stereocenters. The molecule has 0 heterocycles. The highest BCUT2D eigenvalue weighted by atomic mass is 16.5. The average Bonchev–Trinajstić information content (AvgIpc) is 2.67. The van der Waals surface area contributed by atoms with Crippen LogP contribution in [0.25, 0.3) is 6.08 Å². The SMILES string of the molecule is C/C=C\c1ccc(OCC(=O)Nc2ccc(C(=O)NC)cc2)c(OC)c1. The third-order valence-electron chi connectivity index (χ3n) is 3.56. The average molecular weight is 354 g/mol. The number of nitrogens with one attached hydrogen (secondary N) is 2. The number of anilines is 1. The Morgan fingerprint density at radius 3 is 2.42 bits per heavy atom. The van der Waals surface area contributed by atoms with Crippen molar-refractivity contribution in [1.29, 1.82) is 0 Å². The van der Waals surface area contributed by atoms with Crippen LogP contribution in [0, 0.1) is 0 Å². The van der Waals surface area contributed by atoms with E-state index in [1.165, 1.54) is 0 Å². The van der Waals surface area contributed by atoms with Crippen LogP contribution in [-0.4, -0.2) is 32.6 Å². The molecule has 0 saturated carbocycles. The fraction of sp³-hybridized carbons (Fsp3) is 0.200. The largest absolute Gasteiger partial charge is 0.493 e. The number of allylic oxidation sites excluding steroid dienone is 1. The molecule has 0 aliphatic carbocycles. The Bertz CT molecular complexity index is 798. The minimum absolute atomic E-state index is 0.156. The van der Waals surface area contributed by atoms with Gasteiger partial charge in [-0.3, -0.25) is 9.59 Å². The second-order valence-corrected chi connectivity index (χ2v) is 5.40. The fourth-order valence-corrected chi connectivity index (χ4v) is 2.29. The Morgan fingerprint density at radius 1 is 1.08 bits per heavy atom. The molecule has 6 heteroatoms. The van der Waals surface area contributed by atoms with Crippen molar-refractivity contribution in [2.24, 2.45) is 0 Å². The Kier molecular flexibility index (Phi) is 6.79. The second kappa shape index (κ2) is 9.27. The first-order valence-electron chi connectivity index (χ1n) is 8.13. The summed E-state index contributed by atoms with van der Waals surface area (Å²) < 4.78 is 10.8. The van der Waals surface area contributed by atoms with Gasteiger partial charge < -0.3 is 20.1 Å². The third kappa shape index (κ3) is 5.11. The van der Waals surface area contributed by atoms with Gasteiger partial charge in [0.25, 0.3) is 11.8 Å². The van der Waals surface area contributed by atoms with Crippen LogP contribution in [0.4, 0.5) is 5.69 Å². The molecule has 136 valence electrons. The predicted octanol–water partition coefficient (Wildman–Crippen LogP) is 3.11. The molecule has 2 amide bonds. The summed E-state index contributed by atoms with van der Waals surface area (Å²) in [6, 6.07) is 12.1. The fourth-order valence-electron chi connectivity index (χ4n) is 2.29. The van der Waals surface area contributed by atoms with Crippen LogP contribution in [0.3, 0.4) is 0 Å². The van der Waals surface area contributed by atoms with Crippen LogP contribution in [0.1, 0.15) is 22.8 Å². The van der Waals surface area contributed by atoms with Crippen LogP contribution >= 0.6 is 0 Å². The van der Waals surface area contributed by atoms with Gasteiger partial charge >= 0.3 is 0 Å². The summed E-state index contributed by atoms with van der Waals surface area (Å²) in [5, 5.41) is 5.26. The maximum atomic E-state index is 12.1. The molecule has 0 aliphatic heterocycles. The van der Waals surface area contributed by atoms with Gasteiger partial charge in [0.2, 0.25) is 0 Å². The van der Waals surface area contributed by atoms with E-state index in [0.29, 0.717) is 22.7 Å². The molecule has 0 atom stereocenters. The minimum Gasteiger partial charge on any atom is -0.493 e. The zero-order valence-corrected chi connectivity index (χ0v) is 15.0. The number of hydrogen-bond donors (Lipinski definition) is 2. The van der Waals surface area contributed by atoms with Gasteiger partial charge in [-0.2, -0.15) is 0 Å². The molecule has 2 N–H and O–H groups in total. The number of ether oxygens (including phenoxy) is 2. The molecule has 2 aromatic carbocycles. The highest BCUT2D eigenvalue weighted by Gasteiger charge is 2.09. The number of carbonyl (C=O) groups is 2. The highest BCUT2D eigenvalue weighted by Crippen LogP contribution is 2.28. The summed E-state index contributed by atoms with van der Waals surface area (Å²) in [7, 11) is 3.12. The van der Waals surface area contributed by atoms with Crippen molar-refractivity contribution in [3.8, 4) is 11.5 Å². The molecule has 0 aliphatic rings. The summed E-state index contributed by atoms with van der Waals surface area (Å²) in [6.07, 6.45) is 3.87.